The van der Waals surface area contributed by atoms with Crippen LogP contribution >= 0.6 is 0 Å². The molecule has 1 aliphatic heterocycles. The summed E-state index contributed by atoms with van der Waals surface area (Å²) >= 11 is 0. The number of nitrogens with zero attached hydrogens (tertiary/aromatic N) is 1. The number of piperidine rings is 1. The molecule has 0 radical (unpaired) electrons. The normalized spacial score (nSPS) is 17.6. The van der Waals surface area contributed by atoms with E-state index in [1.807, 2.05) is 30.3 Å². The summed E-state index contributed by atoms with van der Waals surface area (Å²) in [5.74, 6) is -0.776. The Labute approximate surface area is 174 Å². The highest BCUT2D eigenvalue weighted by atomic mass is 19.1. The van der Waals surface area contributed by atoms with Crippen molar-refractivity contribution >= 4 is 17.9 Å². The SMILES string of the molecule is O=C1/C(=C\c2cccc(F)c2)CN(Cc2ccccc2)C/C1=C/c1cccc(F)c1. The van der Waals surface area contributed by atoms with Crippen LogP contribution in [0.25, 0.3) is 12.2 Å². The van der Waals surface area contributed by atoms with Gasteiger partial charge in [-0.1, -0.05) is 54.6 Å². The zero-order valence-electron chi connectivity index (χ0n) is 16.4. The summed E-state index contributed by atoms with van der Waals surface area (Å²) in [6.45, 7) is 1.60. The molecule has 0 unspecified atom stereocenters. The number of carbonyl (C=O) groups is 1. The second-order valence-electron chi connectivity index (χ2n) is 7.41. The van der Waals surface area contributed by atoms with Gasteiger partial charge in [0, 0.05) is 30.8 Å². The highest BCUT2D eigenvalue weighted by Crippen LogP contribution is 2.24. The predicted molar refractivity (Wildman–Crippen MR) is 115 cm³/mol. The summed E-state index contributed by atoms with van der Waals surface area (Å²) in [6.07, 6.45) is 3.48. The van der Waals surface area contributed by atoms with E-state index in [9.17, 15) is 13.6 Å². The lowest BCUT2D eigenvalue weighted by Crippen LogP contribution is -2.37. The maximum absolute atomic E-state index is 13.6. The first-order valence-corrected chi connectivity index (χ1v) is 9.80. The average Bonchev–Trinajstić information content (AvgIpc) is 2.72. The average molecular weight is 401 g/mol. The Hall–Kier alpha value is -3.37. The van der Waals surface area contributed by atoms with Crippen LogP contribution in [0.15, 0.2) is 90.0 Å². The molecular formula is C26H21F2NO. The number of benzene rings is 3. The molecule has 150 valence electrons. The molecule has 3 aromatic carbocycles. The zero-order chi connectivity index (χ0) is 20.9. The van der Waals surface area contributed by atoms with Gasteiger partial charge in [0.25, 0.3) is 0 Å². The second-order valence-corrected chi connectivity index (χ2v) is 7.41. The van der Waals surface area contributed by atoms with E-state index in [-0.39, 0.29) is 17.4 Å². The van der Waals surface area contributed by atoms with E-state index < -0.39 is 0 Å². The van der Waals surface area contributed by atoms with Crippen LogP contribution in [-0.2, 0) is 11.3 Å². The van der Waals surface area contributed by atoms with E-state index in [4.69, 9.17) is 0 Å². The van der Waals surface area contributed by atoms with Gasteiger partial charge in [-0.15, -0.1) is 0 Å². The minimum atomic E-state index is -0.343. The molecule has 1 saturated heterocycles. The van der Waals surface area contributed by atoms with Gasteiger partial charge in [-0.2, -0.15) is 0 Å². The maximum atomic E-state index is 13.6. The molecule has 0 aliphatic carbocycles. The van der Waals surface area contributed by atoms with Gasteiger partial charge in [-0.25, -0.2) is 8.78 Å². The summed E-state index contributed by atoms with van der Waals surface area (Å²) in [6, 6.07) is 22.4. The molecule has 0 spiro atoms. The zero-order valence-corrected chi connectivity index (χ0v) is 16.4. The lowest BCUT2D eigenvalue weighted by molar-refractivity contribution is -0.113. The van der Waals surface area contributed by atoms with Gasteiger partial charge < -0.3 is 0 Å². The highest BCUT2D eigenvalue weighted by Gasteiger charge is 2.26. The molecule has 4 heteroatoms. The van der Waals surface area contributed by atoms with Crippen molar-refractivity contribution in [2.24, 2.45) is 0 Å². The van der Waals surface area contributed by atoms with Crippen LogP contribution in [0, 0.1) is 11.6 Å². The Balaban J connectivity index is 1.69. The van der Waals surface area contributed by atoms with E-state index in [0.29, 0.717) is 41.9 Å². The molecule has 3 aromatic rings. The van der Waals surface area contributed by atoms with Gasteiger partial charge in [-0.05, 0) is 53.1 Å². The topological polar surface area (TPSA) is 20.3 Å². The molecule has 1 fully saturated rings. The van der Waals surface area contributed by atoms with E-state index in [1.165, 1.54) is 24.3 Å². The number of carbonyl (C=O) groups excluding carboxylic acids is 1. The van der Waals surface area contributed by atoms with Crippen LogP contribution in [0.2, 0.25) is 0 Å². The van der Waals surface area contributed by atoms with Crippen molar-refractivity contribution in [2.45, 2.75) is 6.54 Å². The van der Waals surface area contributed by atoms with Crippen molar-refractivity contribution < 1.29 is 13.6 Å². The number of hydrogen-bond acceptors (Lipinski definition) is 2. The van der Waals surface area contributed by atoms with E-state index in [1.54, 1.807) is 36.4 Å². The highest BCUT2D eigenvalue weighted by molar-refractivity contribution is 6.14. The minimum absolute atomic E-state index is 0.0900. The number of ketones is 1. The fraction of sp³-hybridized carbons (Fsp3) is 0.115. The Bertz CT molecular complexity index is 1050. The van der Waals surface area contributed by atoms with Gasteiger partial charge in [0.1, 0.15) is 11.6 Å². The summed E-state index contributed by atoms with van der Waals surface area (Å²) in [4.78, 5) is 15.3. The molecule has 0 saturated carbocycles. The Morgan fingerprint density at radius 3 is 1.77 bits per heavy atom. The summed E-state index contributed by atoms with van der Waals surface area (Å²) in [5.41, 5.74) is 3.60. The van der Waals surface area contributed by atoms with Gasteiger partial charge >= 0.3 is 0 Å². The van der Waals surface area contributed by atoms with E-state index in [2.05, 4.69) is 4.90 Å². The first-order chi connectivity index (χ1) is 14.6. The monoisotopic (exact) mass is 401 g/mol. The van der Waals surface area contributed by atoms with Gasteiger partial charge in [-0.3, -0.25) is 9.69 Å². The lowest BCUT2D eigenvalue weighted by Gasteiger charge is -2.30. The van der Waals surface area contributed by atoms with Crippen molar-refractivity contribution in [3.8, 4) is 0 Å². The van der Waals surface area contributed by atoms with Crippen LogP contribution in [0.1, 0.15) is 16.7 Å². The summed E-state index contributed by atoms with van der Waals surface area (Å²) in [7, 11) is 0. The molecular weight excluding hydrogens is 380 g/mol. The molecule has 0 amide bonds. The second kappa shape index (κ2) is 8.97. The molecule has 0 bridgehead atoms. The van der Waals surface area contributed by atoms with Crippen LogP contribution in [0.3, 0.4) is 0 Å². The van der Waals surface area contributed by atoms with Crippen molar-refractivity contribution in [2.75, 3.05) is 13.1 Å². The largest absolute Gasteiger partial charge is 0.290 e. The number of rotatable bonds is 4. The van der Waals surface area contributed by atoms with Crippen LogP contribution < -0.4 is 0 Å². The maximum Gasteiger partial charge on any atom is 0.187 e. The first-order valence-electron chi connectivity index (χ1n) is 9.80. The molecule has 0 aromatic heterocycles. The number of Topliss-reactive ketones (excluding diaryl/α,β-unsaturated/α-hetero) is 1. The quantitative estimate of drug-likeness (QED) is 0.537. The molecule has 30 heavy (non-hydrogen) atoms. The molecule has 1 aliphatic rings. The van der Waals surface area contributed by atoms with Crippen molar-refractivity contribution in [3.05, 3.63) is 118 Å². The van der Waals surface area contributed by atoms with Crippen molar-refractivity contribution in [1.29, 1.82) is 0 Å². The third-order valence-electron chi connectivity index (χ3n) is 5.00. The van der Waals surface area contributed by atoms with E-state index >= 15 is 0 Å². The molecule has 1 heterocycles. The van der Waals surface area contributed by atoms with Gasteiger partial charge in [0.15, 0.2) is 5.78 Å². The predicted octanol–water partition coefficient (Wildman–Crippen LogP) is 5.52. The van der Waals surface area contributed by atoms with Crippen LogP contribution in [-0.4, -0.2) is 23.8 Å². The van der Waals surface area contributed by atoms with E-state index in [0.717, 1.165) is 5.56 Å². The molecule has 0 N–H and O–H groups in total. The standard InChI is InChI=1S/C26H21F2NO/c27-24-10-4-8-20(14-24)12-22-17-29(16-19-6-2-1-3-7-19)18-23(26(22)30)13-21-9-5-11-25(28)15-21/h1-15H,16-18H2/b22-12-,23-13-. The third-order valence-corrected chi connectivity index (χ3v) is 5.00. The Kier molecular flexibility index (Phi) is 5.96. The molecule has 4 rings (SSSR count). The fourth-order valence-electron chi connectivity index (χ4n) is 3.66. The summed E-state index contributed by atoms with van der Waals surface area (Å²) < 4.78 is 27.2. The van der Waals surface area contributed by atoms with Crippen molar-refractivity contribution in [1.82, 2.24) is 4.90 Å². The minimum Gasteiger partial charge on any atom is -0.290 e. The Morgan fingerprint density at radius 1 is 0.733 bits per heavy atom. The first kappa shape index (κ1) is 19.9. The Morgan fingerprint density at radius 2 is 1.27 bits per heavy atom. The van der Waals surface area contributed by atoms with Crippen molar-refractivity contribution in [3.63, 3.8) is 0 Å². The van der Waals surface area contributed by atoms with Crippen LogP contribution in [0.4, 0.5) is 8.78 Å². The smallest absolute Gasteiger partial charge is 0.187 e. The fourth-order valence-corrected chi connectivity index (χ4v) is 3.66. The van der Waals surface area contributed by atoms with Crippen LogP contribution in [0.5, 0.6) is 0 Å². The van der Waals surface area contributed by atoms with Gasteiger partial charge in [0.2, 0.25) is 0 Å². The summed E-state index contributed by atoms with van der Waals surface area (Å²) in [5, 5.41) is 0. The third kappa shape index (κ3) is 4.97. The molecule has 0 atom stereocenters. The van der Waals surface area contributed by atoms with Gasteiger partial charge in [0.05, 0.1) is 0 Å². The number of hydrogen-bond donors (Lipinski definition) is 0. The number of likely N-dealkylation sites (tertiary alicyclic amines) is 1. The molecule has 2 nitrogen and oxygen atoms in total. The lowest BCUT2D eigenvalue weighted by atomic mass is 9.94. The number of halogens is 2.